The SMILES string of the molecule is Cc1ncc(-c2ccc(-c3cnc(N4CC5(CCN(C)CC5)C4)nn3)c(O)c2)o1.O=C(O)C(F)(F)F.O=C(O)C(F)(F)F. The van der Waals surface area contributed by atoms with E-state index in [9.17, 15) is 31.4 Å². The first-order chi connectivity index (χ1) is 19.9. The summed E-state index contributed by atoms with van der Waals surface area (Å²) in [5, 5.41) is 33.3. The van der Waals surface area contributed by atoms with Crippen molar-refractivity contribution in [2.24, 2.45) is 5.41 Å². The van der Waals surface area contributed by atoms with Crippen LogP contribution in [0.5, 0.6) is 5.75 Å². The fraction of sp³-hybridized carbons (Fsp3) is 0.440. The Hall–Kier alpha value is -4.48. The number of carboxylic acid groups (broad SMARTS) is 2. The number of hydrogen-bond donors (Lipinski definition) is 3. The summed E-state index contributed by atoms with van der Waals surface area (Å²) in [6.45, 7) is 6.10. The zero-order valence-corrected chi connectivity index (χ0v) is 22.6. The average molecular weight is 621 g/mol. The number of aromatic nitrogens is 4. The van der Waals surface area contributed by atoms with Gasteiger partial charge in [-0.15, -0.1) is 10.2 Å². The second-order valence-corrected chi connectivity index (χ2v) is 9.88. The van der Waals surface area contributed by atoms with Crippen molar-refractivity contribution in [1.29, 1.82) is 0 Å². The lowest BCUT2D eigenvalue weighted by Gasteiger charge is -2.53. The number of phenolic OH excluding ortho intramolecular Hbond substituents is 1. The smallest absolute Gasteiger partial charge is 0.490 e. The lowest BCUT2D eigenvalue weighted by Crippen LogP contribution is -2.60. The Labute approximate surface area is 239 Å². The maximum atomic E-state index is 10.6. The third-order valence-electron chi connectivity index (χ3n) is 6.60. The predicted molar refractivity (Wildman–Crippen MR) is 136 cm³/mol. The van der Waals surface area contributed by atoms with Crippen molar-refractivity contribution in [3.05, 3.63) is 36.5 Å². The van der Waals surface area contributed by atoms with Crippen LogP contribution in [-0.4, -0.2) is 97.9 Å². The predicted octanol–water partition coefficient (Wildman–Crippen LogP) is 4.01. The molecule has 2 aliphatic rings. The Morgan fingerprint density at radius 1 is 0.930 bits per heavy atom. The van der Waals surface area contributed by atoms with Crippen LogP contribution in [0.15, 0.2) is 35.0 Å². The molecule has 2 saturated heterocycles. The number of rotatable bonds is 3. The van der Waals surface area contributed by atoms with Gasteiger partial charge in [0.2, 0.25) is 5.95 Å². The molecule has 0 saturated carbocycles. The number of aliphatic carboxylic acids is 2. The largest absolute Gasteiger partial charge is 0.507 e. The molecule has 234 valence electrons. The molecule has 3 aromatic rings. The normalized spacial score (nSPS) is 16.3. The maximum absolute atomic E-state index is 10.6. The molecule has 1 spiro atoms. The molecule has 0 amide bonds. The van der Waals surface area contributed by atoms with Gasteiger partial charge in [0.15, 0.2) is 11.7 Å². The highest BCUT2D eigenvalue weighted by Gasteiger charge is 2.45. The fourth-order valence-electron chi connectivity index (χ4n) is 4.25. The summed E-state index contributed by atoms with van der Waals surface area (Å²) in [6.07, 6.45) is -4.38. The Kier molecular flexibility index (Phi) is 9.83. The molecule has 0 atom stereocenters. The first kappa shape index (κ1) is 33.0. The van der Waals surface area contributed by atoms with Crippen LogP contribution in [0, 0.1) is 12.3 Å². The number of benzene rings is 1. The molecule has 5 rings (SSSR count). The molecular formula is C25H26F6N6O6. The van der Waals surface area contributed by atoms with Crippen LogP contribution in [0.3, 0.4) is 0 Å². The first-order valence-corrected chi connectivity index (χ1v) is 12.4. The van der Waals surface area contributed by atoms with Crippen molar-refractivity contribution in [3.63, 3.8) is 0 Å². The molecule has 2 aromatic heterocycles. The lowest BCUT2D eigenvalue weighted by molar-refractivity contribution is -0.193. The number of phenols is 1. The molecule has 0 unspecified atom stereocenters. The summed E-state index contributed by atoms with van der Waals surface area (Å²) in [5.74, 6) is -3.55. The standard InChI is InChI=1S/C21H24N6O2.2C2HF3O2/c1-14-22-11-19(29-14)15-3-4-16(18(28)9-15)17-10-23-20(25-24-17)27-12-21(13-27)5-7-26(2)8-6-21;2*3-2(4,5)1(6)7/h3-4,9-11,28H,5-8,12-13H2,1-2H3;2*(H,6,7). The van der Waals surface area contributed by atoms with Crippen LogP contribution in [0.1, 0.15) is 18.7 Å². The molecule has 1 aromatic carbocycles. The molecule has 0 aliphatic carbocycles. The van der Waals surface area contributed by atoms with Gasteiger partial charge in [0.1, 0.15) is 11.4 Å². The third-order valence-corrected chi connectivity index (χ3v) is 6.60. The van der Waals surface area contributed by atoms with Crippen LogP contribution in [-0.2, 0) is 9.59 Å². The number of nitrogens with zero attached hydrogens (tertiary/aromatic N) is 6. The van der Waals surface area contributed by atoms with E-state index in [2.05, 4.69) is 37.0 Å². The van der Waals surface area contributed by atoms with Gasteiger partial charge in [0.25, 0.3) is 0 Å². The maximum Gasteiger partial charge on any atom is 0.490 e. The van der Waals surface area contributed by atoms with E-state index in [-0.39, 0.29) is 5.75 Å². The quantitative estimate of drug-likeness (QED) is 0.361. The summed E-state index contributed by atoms with van der Waals surface area (Å²) in [5.41, 5.74) is 2.31. The van der Waals surface area contributed by atoms with Gasteiger partial charge in [0.05, 0.1) is 12.4 Å². The number of aryl methyl sites for hydroxylation is 1. The second kappa shape index (κ2) is 12.8. The Morgan fingerprint density at radius 2 is 1.49 bits per heavy atom. The molecule has 18 heteroatoms. The second-order valence-electron chi connectivity index (χ2n) is 9.88. The number of carbonyl (C=O) groups is 2. The summed E-state index contributed by atoms with van der Waals surface area (Å²) < 4.78 is 69.0. The van der Waals surface area contributed by atoms with E-state index in [4.69, 9.17) is 24.2 Å². The van der Waals surface area contributed by atoms with Crippen molar-refractivity contribution in [3.8, 4) is 28.3 Å². The van der Waals surface area contributed by atoms with E-state index in [1.165, 1.54) is 12.8 Å². The van der Waals surface area contributed by atoms with Gasteiger partial charge in [-0.25, -0.2) is 19.6 Å². The van der Waals surface area contributed by atoms with E-state index in [1.54, 1.807) is 31.5 Å². The molecule has 2 fully saturated rings. The zero-order chi connectivity index (χ0) is 32.2. The molecule has 43 heavy (non-hydrogen) atoms. The minimum Gasteiger partial charge on any atom is -0.507 e. The first-order valence-electron chi connectivity index (χ1n) is 12.4. The van der Waals surface area contributed by atoms with E-state index in [1.807, 2.05) is 6.07 Å². The van der Waals surface area contributed by atoms with Gasteiger partial charge < -0.3 is 29.5 Å². The summed E-state index contributed by atoms with van der Waals surface area (Å²) >= 11 is 0. The highest BCUT2D eigenvalue weighted by Crippen LogP contribution is 2.41. The number of halogens is 6. The topological polar surface area (TPSA) is 166 Å². The highest BCUT2D eigenvalue weighted by molar-refractivity contribution is 5.73. The van der Waals surface area contributed by atoms with E-state index in [0.29, 0.717) is 34.3 Å². The molecule has 4 heterocycles. The number of anilines is 1. The number of alkyl halides is 6. The number of piperidine rings is 1. The minimum absolute atomic E-state index is 0.106. The van der Waals surface area contributed by atoms with Crippen molar-refractivity contribution in [1.82, 2.24) is 25.1 Å². The van der Waals surface area contributed by atoms with Gasteiger partial charge in [-0.05, 0) is 45.1 Å². The van der Waals surface area contributed by atoms with Crippen LogP contribution in [0.2, 0.25) is 0 Å². The molecular weight excluding hydrogens is 594 g/mol. The number of oxazole rings is 1. The van der Waals surface area contributed by atoms with Crippen molar-refractivity contribution in [2.45, 2.75) is 32.1 Å². The molecule has 12 nitrogen and oxygen atoms in total. The van der Waals surface area contributed by atoms with Gasteiger partial charge >= 0.3 is 24.3 Å². The van der Waals surface area contributed by atoms with Crippen LogP contribution >= 0.6 is 0 Å². The van der Waals surface area contributed by atoms with Crippen LogP contribution in [0.4, 0.5) is 32.3 Å². The van der Waals surface area contributed by atoms with E-state index in [0.717, 1.165) is 31.7 Å². The average Bonchev–Trinajstić information content (AvgIpc) is 3.34. The molecule has 0 radical (unpaired) electrons. The van der Waals surface area contributed by atoms with Gasteiger partial charge in [-0.3, -0.25) is 0 Å². The van der Waals surface area contributed by atoms with Crippen molar-refractivity contribution >= 4 is 17.9 Å². The summed E-state index contributed by atoms with van der Waals surface area (Å²) in [6, 6.07) is 5.30. The van der Waals surface area contributed by atoms with Crippen molar-refractivity contribution < 1.29 is 55.7 Å². The zero-order valence-electron chi connectivity index (χ0n) is 22.6. The summed E-state index contributed by atoms with van der Waals surface area (Å²) in [4.78, 5) is 31.0. The number of hydrogen-bond acceptors (Lipinski definition) is 10. The lowest BCUT2D eigenvalue weighted by atomic mass is 9.72. The van der Waals surface area contributed by atoms with Gasteiger partial charge in [0, 0.05) is 36.6 Å². The van der Waals surface area contributed by atoms with E-state index >= 15 is 0 Å². The Bertz CT molecular complexity index is 1390. The Morgan fingerprint density at radius 3 is 1.91 bits per heavy atom. The third kappa shape index (κ3) is 8.76. The fourth-order valence-corrected chi connectivity index (χ4v) is 4.25. The molecule has 3 N–H and O–H groups in total. The van der Waals surface area contributed by atoms with Crippen molar-refractivity contribution in [2.75, 3.05) is 38.1 Å². The molecule has 2 aliphatic heterocycles. The number of likely N-dealkylation sites (tertiary alicyclic amines) is 1. The van der Waals surface area contributed by atoms with Crippen LogP contribution in [0.25, 0.3) is 22.6 Å². The summed E-state index contributed by atoms with van der Waals surface area (Å²) in [7, 11) is 2.18. The minimum atomic E-state index is -5.08. The van der Waals surface area contributed by atoms with Gasteiger partial charge in [-0.2, -0.15) is 26.3 Å². The molecule has 0 bridgehead atoms. The van der Waals surface area contributed by atoms with Crippen LogP contribution < -0.4 is 4.90 Å². The highest BCUT2D eigenvalue weighted by atomic mass is 19.4. The monoisotopic (exact) mass is 620 g/mol. The number of aromatic hydroxyl groups is 1. The van der Waals surface area contributed by atoms with E-state index < -0.39 is 24.3 Å². The Balaban J connectivity index is 0.000000303. The van der Waals surface area contributed by atoms with Gasteiger partial charge in [-0.1, -0.05) is 6.07 Å². The number of carboxylic acids is 2.